The van der Waals surface area contributed by atoms with Crippen molar-refractivity contribution in [1.29, 1.82) is 0 Å². The molecule has 0 aliphatic carbocycles. The third-order valence-corrected chi connectivity index (χ3v) is 3.97. The summed E-state index contributed by atoms with van der Waals surface area (Å²) in [4.78, 5) is 0.870. The van der Waals surface area contributed by atoms with Gasteiger partial charge in [-0.3, -0.25) is 0 Å². The van der Waals surface area contributed by atoms with Crippen LogP contribution in [0, 0.1) is 0 Å². The van der Waals surface area contributed by atoms with Crippen molar-refractivity contribution in [2.75, 3.05) is 0 Å². The lowest BCUT2D eigenvalue weighted by Gasteiger charge is -2.17. The van der Waals surface area contributed by atoms with Crippen molar-refractivity contribution in [2.24, 2.45) is 5.73 Å². The van der Waals surface area contributed by atoms with E-state index in [0.29, 0.717) is 10.8 Å². The molecule has 2 rings (SSSR count). The number of hydrogen-bond donors (Lipinski definition) is 1. The van der Waals surface area contributed by atoms with Gasteiger partial charge in [-0.25, -0.2) is 0 Å². The zero-order valence-electron chi connectivity index (χ0n) is 9.75. The minimum Gasteiger partial charge on any atom is -0.324 e. The van der Waals surface area contributed by atoms with E-state index in [1.807, 2.05) is 0 Å². The smallest absolute Gasteiger partial charge is 0.324 e. The molecule has 1 atom stereocenters. The predicted molar refractivity (Wildman–Crippen MR) is 71.4 cm³/mol. The van der Waals surface area contributed by atoms with Crippen LogP contribution < -0.4 is 5.73 Å². The minimum absolute atomic E-state index is 0.111. The molecular weight excluding hydrogens is 295 g/mol. The summed E-state index contributed by atoms with van der Waals surface area (Å²) >= 11 is 7.12. The number of rotatable bonds is 3. The first kappa shape index (κ1) is 14.4. The summed E-state index contributed by atoms with van der Waals surface area (Å²) in [5.74, 6) is 0. The Labute approximate surface area is 117 Å². The third-order valence-electron chi connectivity index (χ3n) is 2.72. The molecule has 0 saturated heterocycles. The van der Waals surface area contributed by atoms with Crippen LogP contribution in [0.3, 0.4) is 0 Å². The van der Waals surface area contributed by atoms with E-state index in [9.17, 15) is 13.2 Å². The molecule has 0 bridgehead atoms. The number of thiophene rings is 1. The van der Waals surface area contributed by atoms with Crippen LogP contribution in [0.2, 0.25) is 4.34 Å². The van der Waals surface area contributed by atoms with Gasteiger partial charge in [-0.05, 0) is 23.8 Å². The Bertz CT molecular complexity index is 565. The van der Waals surface area contributed by atoms with E-state index < -0.39 is 17.8 Å². The maximum Gasteiger partial charge on any atom is 0.416 e. The first-order chi connectivity index (χ1) is 8.88. The average Bonchev–Trinajstić information content (AvgIpc) is 2.73. The maximum absolute atomic E-state index is 12.9. The molecule has 0 aliphatic rings. The van der Waals surface area contributed by atoms with Gasteiger partial charge in [-0.15, -0.1) is 11.3 Å². The molecular formula is C13H11ClF3NS. The van der Waals surface area contributed by atoms with Gasteiger partial charge in [-0.1, -0.05) is 29.8 Å². The second kappa shape index (κ2) is 5.53. The molecule has 1 heterocycles. The SMILES string of the molecule is NC(Cc1ccc(Cl)s1)c1ccccc1C(F)(F)F. The van der Waals surface area contributed by atoms with Crippen molar-refractivity contribution in [3.05, 3.63) is 56.7 Å². The van der Waals surface area contributed by atoms with Crippen LogP contribution in [0.4, 0.5) is 13.2 Å². The van der Waals surface area contributed by atoms with E-state index in [1.165, 1.54) is 23.5 Å². The van der Waals surface area contributed by atoms with Crippen LogP contribution in [0.15, 0.2) is 36.4 Å². The normalized spacial score (nSPS) is 13.5. The maximum atomic E-state index is 12.9. The van der Waals surface area contributed by atoms with E-state index in [-0.39, 0.29) is 5.56 Å². The lowest BCUT2D eigenvalue weighted by atomic mass is 9.98. The fourth-order valence-electron chi connectivity index (χ4n) is 1.87. The first-order valence-corrected chi connectivity index (χ1v) is 6.73. The van der Waals surface area contributed by atoms with Crippen molar-refractivity contribution < 1.29 is 13.2 Å². The van der Waals surface area contributed by atoms with Crippen molar-refractivity contribution in [1.82, 2.24) is 0 Å². The summed E-state index contributed by atoms with van der Waals surface area (Å²) in [6.07, 6.45) is -4.05. The molecule has 0 saturated carbocycles. The highest BCUT2D eigenvalue weighted by molar-refractivity contribution is 7.16. The molecule has 19 heavy (non-hydrogen) atoms. The largest absolute Gasteiger partial charge is 0.416 e. The van der Waals surface area contributed by atoms with Gasteiger partial charge >= 0.3 is 6.18 Å². The molecule has 1 unspecified atom stereocenters. The Hall–Kier alpha value is -1.04. The van der Waals surface area contributed by atoms with Crippen LogP contribution in [-0.4, -0.2) is 0 Å². The Kier molecular flexibility index (Phi) is 4.18. The second-order valence-corrected chi connectivity index (χ2v) is 5.90. The zero-order valence-corrected chi connectivity index (χ0v) is 11.3. The molecule has 0 fully saturated rings. The lowest BCUT2D eigenvalue weighted by Crippen LogP contribution is -2.18. The minimum atomic E-state index is -4.39. The van der Waals surface area contributed by atoms with Gasteiger partial charge in [0.2, 0.25) is 0 Å². The van der Waals surface area contributed by atoms with Crippen LogP contribution >= 0.6 is 22.9 Å². The van der Waals surface area contributed by atoms with Crippen molar-refractivity contribution in [2.45, 2.75) is 18.6 Å². The van der Waals surface area contributed by atoms with Crippen molar-refractivity contribution in [3.8, 4) is 0 Å². The molecule has 0 radical (unpaired) electrons. The lowest BCUT2D eigenvalue weighted by molar-refractivity contribution is -0.138. The van der Waals surface area contributed by atoms with Gasteiger partial charge < -0.3 is 5.73 Å². The first-order valence-electron chi connectivity index (χ1n) is 5.54. The highest BCUT2D eigenvalue weighted by atomic mass is 35.5. The quantitative estimate of drug-likeness (QED) is 0.876. The van der Waals surface area contributed by atoms with E-state index in [2.05, 4.69) is 0 Å². The molecule has 2 N–H and O–H groups in total. The fraction of sp³-hybridized carbons (Fsp3) is 0.231. The van der Waals surface area contributed by atoms with Gasteiger partial charge in [0.05, 0.1) is 9.90 Å². The molecule has 0 spiro atoms. The predicted octanol–water partition coefficient (Wildman–Crippen LogP) is 4.66. The Morgan fingerprint density at radius 2 is 1.84 bits per heavy atom. The zero-order chi connectivity index (χ0) is 14.0. The summed E-state index contributed by atoms with van der Waals surface area (Å²) in [5.41, 5.74) is 5.33. The number of alkyl halides is 3. The Balaban J connectivity index is 2.26. The number of nitrogens with two attached hydrogens (primary N) is 1. The van der Waals surface area contributed by atoms with Crippen molar-refractivity contribution in [3.63, 3.8) is 0 Å². The van der Waals surface area contributed by atoms with Gasteiger partial charge in [0.15, 0.2) is 0 Å². The summed E-state index contributed by atoms with van der Waals surface area (Å²) in [7, 11) is 0. The molecule has 1 nitrogen and oxygen atoms in total. The molecule has 6 heteroatoms. The van der Waals surface area contributed by atoms with E-state index in [4.69, 9.17) is 17.3 Å². The number of halogens is 4. The number of hydrogen-bond acceptors (Lipinski definition) is 2. The average molecular weight is 306 g/mol. The van der Waals surface area contributed by atoms with Crippen LogP contribution in [0.1, 0.15) is 22.0 Å². The summed E-state index contributed by atoms with van der Waals surface area (Å²) in [6.45, 7) is 0. The van der Waals surface area contributed by atoms with E-state index >= 15 is 0 Å². The Morgan fingerprint density at radius 3 is 2.42 bits per heavy atom. The summed E-state index contributed by atoms with van der Waals surface area (Å²) < 4.78 is 39.2. The van der Waals surface area contributed by atoms with Crippen LogP contribution in [0.25, 0.3) is 0 Å². The second-order valence-electron chi connectivity index (χ2n) is 4.10. The monoisotopic (exact) mass is 305 g/mol. The van der Waals surface area contributed by atoms with E-state index in [0.717, 1.165) is 10.9 Å². The fourth-order valence-corrected chi connectivity index (χ4v) is 3.01. The molecule has 0 aliphatic heterocycles. The third kappa shape index (κ3) is 3.49. The van der Waals surface area contributed by atoms with Crippen LogP contribution in [-0.2, 0) is 12.6 Å². The number of benzene rings is 1. The molecule has 1 aromatic heterocycles. The Morgan fingerprint density at radius 1 is 1.16 bits per heavy atom. The van der Waals surface area contributed by atoms with Crippen LogP contribution in [0.5, 0.6) is 0 Å². The molecule has 102 valence electrons. The topological polar surface area (TPSA) is 26.0 Å². The molecule has 1 aromatic carbocycles. The standard InChI is InChI=1S/C13H11ClF3NS/c14-12-6-5-8(19-12)7-11(18)9-3-1-2-4-10(9)13(15,16)17/h1-6,11H,7,18H2. The molecule has 0 amide bonds. The summed E-state index contributed by atoms with van der Waals surface area (Å²) in [6, 6.07) is 8.19. The van der Waals surface area contributed by atoms with E-state index in [1.54, 1.807) is 18.2 Å². The van der Waals surface area contributed by atoms with Gasteiger partial charge in [0.1, 0.15) is 0 Å². The van der Waals surface area contributed by atoms with Gasteiger partial charge in [0, 0.05) is 17.3 Å². The van der Waals surface area contributed by atoms with Gasteiger partial charge in [0.25, 0.3) is 0 Å². The summed E-state index contributed by atoms with van der Waals surface area (Å²) in [5, 5.41) is 0. The highest BCUT2D eigenvalue weighted by Crippen LogP contribution is 2.35. The molecule has 2 aromatic rings. The highest BCUT2D eigenvalue weighted by Gasteiger charge is 2.34. The van der Waals surface area contributed by atoms with Crippen molar-refractivity contribution >= 4 is 22.9 Å². The van der Waals surface area contributed by atoms with Gasteiger partial charge in [-0.2, -0.15) is 13.2 Å².